The van der Waals surface area contributed by atoms with Crippen LogP contribution in [0.15, 0.2) is 36.4 Å². The normalized spacial score (nSPS) is 18.0. The second-order valence-corrected chi connectivity index (χ2v) is 7.43. The van der Waals surface area contributed by atoms with Gasteiger partial charge < -0.3 is 29.7 Å². The van der Waals surface area contributed by atoms with Crippen LogP contribution in [0.1, 0.15) is 11.1 Å². The SMILES string of the molecule is O=C(N[C@H]1COc2nc(N3CCN(C(=O)O)CC3)c(F)cc2C1)OCc1ccccc1. The molecule has 0 spiro atoms. The van der Waals surface area contributed by atoms with E-state index in [1.165, 1.54) is 11.0 Å². The third kappa shape index (κ3) is 4.96. The third-order valence-corrected chi connectivity index (χ3v) is 5.27. The average molecular weight is 430 g/mol. The van der Waals surface area contributed by atoms with E-state index in [-0.39, 0.29) is 38.2 Å². The summed E-state index contributed by atoms with van der Waals surface area (Å²) < 4.78 is 25.6. The quantitative estimate of drug-likeness (QED) is 0.767. The zero-order valence-corrected chi connectivity index (χ0v) is 16.8. The lowest BCUT2D eigenvalue weighted by Crippen LogP contribution is -2.49. The molecule has 1 aromatic carbocycles. The highest BCUT2D eigenvalue weighted by Crippen LogP contribution is 2.29. The summed E-state index contributed by atoms with van der Waals surface area (Å²) in [4.78, 5) is 30.4. The van der Waals surface area contributed by atoms with Gasteiger partial charge in [-0.2, -0.15) is 4.98 Å². The highest BCUT2D eigenvalue weighted by molar-refractivity contribution is 5.68. The molecule has 1 atom stereocenters. The van der Waals surface area contributed by atoms with Crippen LogP contribution in [0.5, 0.6) is 5.88 Å². The summed E-state index contributed by atoms with van der Waals surface area (Å²) in [7, 11) is 0. The molecule has 0 saturated carbocycles. The van der Waals surface area contributed by atoms with E-state index in [1.54, 1.807) is 4.90 Å². The number of ether oxygens (including phenoxy) is 2. The van der Waals surface area contributed by atoms with Crippen molar-refractivity contribution in [2.45, 2.75) is 19.1 Å². The van der Waals surface area contributed by atoms with Crippen LogP contribution in [0, 0.1) is 5.82 Å². The summed E-state index contributed by atoms with van der Waals surface area (Å²) in [5, 5.41) is 11.8. The van der Waals surface area contributed by atoms with Gasteiger partial charge >= 0.3 is 12.2 Å². The number of hydrogen-bond donors (Lipinski definition) is 2. The van der Waals surface area contributed by atoms with Crippen molar-refractivity contribution in [2.24, 2.45) is 0 Å². The van der Waals surface area contributed by atoms with E-state index in [1.807, 2.05) is 30.3 Å². The molecule has 0 unspecified atom stereocenters. The first-order valence-electron chi connectivity index (χ1n) is 10.0. The zero-order valence-electron chi connectivity index (χ0n) is 16.8. The third-order valence-electron chi connectivity index (χ3n) is 5.27. The van der Waals surface area contributed by atoms with Gasteiger partial charge in [-0.05, 0) is 11.6 Å². The molecular weight excluding hydrogens is 407 g/mol. The summed E-state index contributed by atoms with van der Waals surface area (Å²) in [6.45, 7) is 1.62. The lowest BCUT2D eigenvalue weighted by atomic mass is 10.1. The zero-order chi connectivity index (χ0) is 21.8. The molecule has 3 heterocycles. The standard InChI is InChI=1S/C21H23FN4O5/c22-17-11-15-10-16(23-20(27)31-12-14-4-2-1-3-5-14)13-30-19(15)24-18(17)25-6-8-26(9-7-25)21(28)29/h1-5,11,16H,6-10,12-13H2,(H,23,27)(H,28,29)/t16-/m1/s1. The Bertz CT molecular complexity index is 950. The Kier molecular flexibility index (Phi) is 6.06. The summed E-state index contributed by atoms with van der Waals surface area (Å²) in [6.07, 6.45) is -1.18. The first kappa shape index (κ1) is 20.7. The maximum absolute atomic E-state index is 14.7. The number of benzene rings is 1. The molecule has 164 valence electrons. The minimum Gasteiger partial charge on any atom is -0.475 e. The van der Waals surface area contributed by atoms with Crippen LogP contribution in [0.25, 0.3) is 0 Å². The molecule has 2 N–H and O–H groups in total. The number of carbonyl (C=O) groups is 2. The molecule has 0 bridgehead atoms. The van der Waals surface area contributed by atoms with E-state index in [4.69, 9.17) is 14.6 Å². The number of pyridine rings is 1. The molecule has 2 aliphatic heterocycles. The van der Waals surface area contributed by atoms with Gasteiger partial charge in [-0.1, -0.05) is 30.3 Å². The highest BCUT2D eigenvalue weighted by Gasteiger charge is 2.28. The van der Waals surface area contributed by atoms with E-state index in [9.17, 15) is 14.0 Å². The van der Waals surface area contributed by atoms with E-state index < -0.39 is 18.0 Å². The molecule has 9 nitrogen and oxygen atoms in total. The molecule has 31 heavy (non-hydrogen) atoms. The Hall–Kier alpha value is -3.56. The number of halogens is 1. The molecule has 1 fully saturated rings. The van der Waals surface area contributed by atoms with Gasteiger partial charge in [0.25, 0.3) is 0 Å². The van der Waals surface area contributed by atoms with Crippen molar-refractivity contribution < 1.29 is 28.6 Å². The molecule has 2 aromatic rings. The van der Waals surface area contributed by atoms with Crippen molar-refractivity contribution in [1.82, 2.24) is 15.2 Å². The number of amides is 2. The summed E-state index contributed by atoms with van der Waals surface area (Å²) >= 11 is 0. The second kappa shape index (κ2) is 9.07. The molecule has 1 saturated heterocycles. The fourth-order valence-electron chi connectivity index (χ4n) is 3.63. The van der Waals surface area contributed by atoms with Crippen LogP contribution in [0.3, 0.4) is 0 Å². The number of carboxylic acid groups (broad SMARTS) is 1. The Morgan fingerprint density at radius 3 is 2.68 bits per heavy atom. The monoisotopic (exact) mass is 430 g/mol. The Morgan fingerprint density at radius 2 is 1.97 bits per heavy atom. The highest BCUT2D eigenvalue weighted by atomic mass is 19.1. The molecule has 10 heteroatoms. The van der Waals surface area contributed by atoms with Gasteiger partial charge in [0, 0.05) is 38.2 Å². The van der Waals surface area contributed by atoms with E-state index in [0.717, 1.165) is 5.56 Å². The number of piperazine rings is 1. The lowest BCUT2D eigenvalue weighted by molar-refractivity contribution is 0.128. The molecule has 0 radical (unpaired) electrons. The van der Waals surface area contributed by atoms with Gasteiger partial charge in [0.05, 0.1) is 6.04 Å². The van der Waals surface area contributed by atoms with Gasteiger partial charge in [-0.25, -0.2) is 14.0 Å². The van der Waals surface area contributed by atoms with Crippen LogP contribution in [0.2, 0.25) is 0 Å². The predicted octanol–water partition coefficient (Wildman–Crippen LogP) is 2.25. The topological polar surface area (TPSA) is 104 Å². The van der Waals surface area contributed by atoms with Crippen LogP contribution in [0.4, 0.5) is 19.8 Å². The minimum absolute atomic E-state index is 0.150. The molecule has 4 rings (SSSR count). The van der Waals surface area contributed by atoms with Crippen LogP contribution >= 0.6 is 0 Å². The number of alkyl carbamates (subject to hydrolysis) is 1. The first-order valence-corrected chi connectivity index (χ1v) is 10.0. The molecular formula is C21H23FN4O5. The average Bonchev–Trinajstić information content (AvgIpc) is 2.78. The van der Waals surface area contributed by atoms with Crippen LogP contribution < -0.4 is 15.0 Å². The minimum atomic E-state index is -0.984. The number of anilines is 1. The number of fused-ring (bicyclic) bond motifs is 1. The van der Waals surface area contributed by atoms with Crippen molar-refractivity contribution in [2.75, 3.05) is 37.7 Å². The Morgan fingerprint density at radius 1 is 1.23 bits per heavy atom. The van der Waals surface area contributed by atoms with Crippen molar-refractivity contribution >= 4 is 18.0 Å². The number of hydrogen-bond acceptors (Lipinski definition) is 6. The number of carbonyl (C=O) groups excluding carboxylic acids is 1. The fourth-order valence-corrected chi connectivity index (χ4v) is 3.63. The number of nitrogens with one attached hydrogen (secondary N) is 1. The van der Waals surface area contributed by atoms with Crippen molar-refractivity contribution in [3.05, 3.63) is 53.3 Å². The Labute approximate surface area is 178 Å². The molecule has 0 aliphatic carbocycles. The van der Waals surface area contributed by atoms with Crippen molar-refractivity contribution in [3.63, 3.8) is 0 Å². The summed E-state index contributed by atoms with van der Waals surface area (Å²) in [5.74, 6) is -0.0244. The molecule has 1 aromatic heterocycles. The fraction of sp³-hybridized carbons (Fsp3) is 0.381. The second-order valence-electron chi connectivity index (χ2n) is 7.43. The van der Waals surface area contributed by atoms with Crippen molar-refractivity contribution in [1.29, 1.82) is 0 Å². The number of nitrogens with zero attached hydrogens (tertiary/aromatic N) is 3. The number of rotatable bonds is 4. The van der Waals surface area contributed by atoms with E-state index in [2.05, 4.69) is 10.3 Å². The predicted molar refractivity (Wildman–Crippen MR) is 109 cm³/mol. The number of aromatic nitrogens is 1. The van der Waals surface area contributed by atoms with Gasteiger partial charge in [-0.15, -0.1) is 0 Å². The Balaban J connectivity index is 1.34. The first-order chi connectivity index (χ1) is 15.0. The lowest BCUT2D eigenvalue weighted by Gasteiger charge is -2.34. The van der Waals surface area contributed by atoms with Gasteiger partial charge in [0.15, 0.2) is 11.6 Å². The summed E-state index contributed by atoms with van der Waals surface area (Å²) in [6, 6.07) is 10.3. The van der Waals surface area contributed by atoms with E-state index in [0.29, 0.717) is 31.0 Å². The summed E-state index contributed by atoms with van der Waals surface area (Å²) in [5.41, 5.74) is 1.44. The van der Waals surface area contributed by atoms with E-state index >= 15 is 0 Å². The maximum Gasteiger partial charge on any atom is 0.407 e. The molecule has 2 aliphatic rings. The smallest absolute Gasteiger partial charge is 0.407 e. The van der Waals surface area contributed by atoms with Gasteiger partial charge in [0.2, 0.25) is 5.88 Å². The van der Waals surface area contributed by atoms with Gasteiger partial charge in [0.1, 0.15) is 13.2 Å². The van der Waals surface area contributed by atoms with Crippen molar-refractivity contribution in [3.8, 4) is 5.88 Å². The van der Waals surface area contributed by atoms with Crippen LogP contribution in [-0.4, -0.2) is 66.0 Å². The largest absolute Gasteiger partial charge is 0.475 e. The molecule has 2 amide bonds. The van der Waals surface area contributed by atoms with Gasteiger partial charge in [-0.3, -0.25) is 0 Å². The maximum atomic E-state index is 14.7. The van der Waals surface area contributed by atoms with Crippen LogP contribution in [-0.2, 0) is 17.8 Å².